The second-order valence-electron chi connectivity index (χ2n) is 9.77. The number of nitrogens with one attached hydrogen (secondary N) is 1. The lowest BCUT2D eigenvalue weighted by atomic mass is 9.50. The van der Waals surface area contributed by atoms with Crippen LogP contribution in [-0.2, 0) is 26.2 Å². The van der Waals surface area contributed by atoms with Crippen molar-refractivity contribution in [1.82, 2.24) is 10.2 Å². The summed E-state index contributed by atoms with van der Waals surface area (Å²) >= 11 is 0. The summed E-state index contributed by atoms with van der Waals surface area (Å²) in [5.41, 5.74) is 0.0607. The van der Waals surface area contributed by atoms with E-state index in [1.54, 1.807) is 26.0 Å². The van der Waals surface area contributed by atoms with Crippen molar-refractivity contribution < 1.29 is 29.3 Å². The summed E-state index contributed by atoms with van der Waals surface area (Å²) < 4.78 is 12.0. The molecule has 172 valence electrons. The monoisotopic (exact) mass is 442 g/mol. The van der Waals surface area contributed by atoms with Gasteiger partial charge in [0, 0.05) is 30.5 Å². The van der Waals surface area contributed by atoms with Crippen LogP contribution in [0.4, 0.5) is 0 Å². The maximum Gasteiger partial charge on any atom is 0.312 e. The number of carbonyl (C=O) groups excluding carboxylic acids is 2. The van der Waals surface area contributed by atoms with Crippen LogP contribution in [-0.4, -0.2) is 64.9 Å². The molecule has 32 heavy (non-hydrogen) atoms. The molecule has 5 rings (SSSR count). The van der Waals surface area contributed by atoms with Crippen LogP contribution in [0, 0.1) is 5.92 Å². The fraction of sp³-hybridized carbons (Fsp3) is 0.583. The van der Waals surface area contributed by atoms with Gasteiger partial charge in [-0.25, -0.2) is 0 Å². The molecule has 1 aromatic carbocycles. The average Bonchev–Trinajstić information content (AvgIpc) is 3.10. The van der Waals surface area contributed by atoms with E-state index in [2.05, 4.69) is 10.2 Å². The Balaban J connectivity index is 1.45. The number of hydrogen-bond donors (Lipinski definition) is 3. The number of amides is 1. The lowest BCUT2D eigenvalue weighted by molar-refractivity contribution is -0.169. The van der Waals surface area contributed by atoms with Crippen molar-refractivity contribution in [3.63, 3.8) is 0 Å². The van der Waals surface area contributed by atoms with Crippen LogP contribution in [0.5, 0.6) is 11.5 Å². The summed E-state index contributed by atoms with van der Waals surface area (Å²) in [5.74, 6) is 0.0694. The third-order valence-electron chi connectivity index (χ3n) is 7.74. The quantitative estimate of drug-likeness (QED) is 0.591. The summed E-state index contributed by atoms with van der Waals surface area (Å²) in [6, 6.07) is 3.45. The number of aromatic hydroxyl groups is 1. The zero-order chi connectivity index (χ0) is 22.8. The van der Waals surface area contributed by atoms with Gasteiger partial charge in [-0.3, -0.25) is 9.59 Å². The molecule has 1 fully saturated rings. The second-order valence-corrected chi connectivity index (χ2v) is 9.77. The van der Waals surface area contributed by atoms with Crippen molar-refractivity contribution in [1.29, 1.82) is 0 Å². The van der Waals surface area contributed by atoms with Gasteiger partial charge in [0.1, 0.15) is 5.76 Å². The molecule has 2 unspecified atom stereocenters. The van der Waals surface area contributed by atoms with Gasteiger partial charge in [0.05, 0.1) is 17.4 Å². The van der Waals surface area contributed by atoms with E-state index < -0.39 is 23.1 Å². The predicted molar refractivity (Wildman–Crippen MR) is 115 cm³/mol. The Kier molecular flexibility index (Phi) is 4.80. The summed E-state index contributed by atoms with van der Waals surface area (Å²) in [6.45, 7) is 4.54. The molecule has 4 aliphatic rings. The molecule has 4 atom stereocenters. The Labute approximate surface area is 187 Å². The molecule has 2 aliphatic heterocycles. The number of piperidine rings is 1. The van der Waals surface area contributed by atoms with Gasteiger partial charge in [-0.05, 0) is 44.1 Å². The largest absolute Gasteiger partial charge is 0.504 e. The molecule has 3 N–H and O–H groups in total. The molecule has 1 spiro atoms. The maximum absolute atomic E-state index is 12.6. The first-order valence-corrected chi connectivity index (χ1v) is 11.3. The van der Waals surface area contributed by atoms with Gasteiger partial charge < -0.3 is 29.9 Å². The number of rotatable bonds is 5. The van der Waals surface area contributed by atoms with Gasteiger partial charge in [0.2, 0.25) is 5.91 Å². The van der Waals surface area contributed by atoms with Crippen molar-refractivity contribution in [2.75, 3.05) is 20.1 Å². The van der Waals surface area contributed by atoms with Crippen molar-refractivity contribution in [3.8, 4) is 11.5 Å². The first-order valence-electron chi connectivity index (χ1n) is 11.3. The molecule has 1 aromatic rings. The standard InChI is InChI=1S/C24H30N2O6/c1-13(2)22(29)25-10-7-18(28)31-16-6-8-24(30)17-12-14-4-5-15(27)20-19(14)23(24,21(16)32-20)9-11-26(17)3/h4-6,13,17,21,27,30H,7-12H2,1-3H3,(H,25,29)/t17-,21?,23?,24-/m1/s1. The average molecular weight is 443 g/mol. The van der Waals surface area contributed by atoms with Gasteiger partial charge in [-0.15, -0.1) is 0 Å². The summed E-state index contributed by atoms with van der Waals surface area (Å²) in [5, 5.41) is 25.3. The molecular weight excluding hydrogens is 412 g/mol. The number of aliphatic hydroxyl groups is 1. The van der Waals surface area contributed by atoms with Gasteiger partial charge in [0.15, 0.2) is 17.6 Å². The minimum absolute atomic E-state index is 0.0363. The van der Waals surface area contributed by atoms with Crippen LogP contribution in [0.15, 0.2) is 24.0 Å². The van der Waals surface area contributed by atoms with Crippen molar-refractivity contribution >= 4 is 11.9 Å². The molecule has 8 heteroatoms. The minimum atomic E-state index is -1.09. The number of nitrogens with zero attached hydrogens (tertiary/aromatic N) is 1. The van der Waals surface area contributed by atoms with E-state index >= 15 is 0 Å². The fourth-order valence-electron chi connectivity index (χ4n) is 6.11. The molecule has 1 saturated heterocycles. The minimum Gasteiger partial charge on any atom is -0.504 e. The molecule has 2 heterocycles. The lowest BCUT2D eigenvalue weighted by Crippen LogP contribution is -2.74. The molecule has 8 nitrogen and oxygen atoms in total. The molecular formula is C24H30N2O6. The number of phenols is 1. The first kappa shape index (κ1) is 21.3. The topological polar surface area (TPSA) is 108 Å². The highest BCUT2D eigenvalue weighted by Gasteiger charge is 2.72. The zero-order valence-corrected chi connectivity index (χ0v) is 18.7. The number of carbonyl (C=O) groups is 2. The van der Waals surface area contributed by atoms with E-state index in [0.29, 0.717) is 30.8 Å². The van der Waals surface area contributed by atoms with Crippen LogP contribution in [0.2, 0.25) is 0 Å². The van der Waals surface area contributed by atoms with Crippen LogP contribution in [0.25, 0.3) is 0 Å². The van der Waals surface area contributed by atoms with E-state index in [4.69, 9.17) is 9.47 Å². The number of benzene rings is 1. The number of phenolic OH excluding ortho intramolecular Hbond substituents is 1. The Morgan fingerprint density at radius 3 is 2.91 bits per heavy atom. The number of ether oxygens (including phenoxy) is 2. The predicted octanol–water partition coefficient (Wildman–Crippen LogP) is 1.38. The van der Waals surface area contributed by atoms with Gasteiger partial charge in [0.25, 0.3) is 0 Å². The van der Waals surface area contributed by atoms with E-state index in [-0.39, 0.29) is 36.6 Å². The molecule has 2 aliphatic carbocycles. The highest BCUT2D eigenvalue weighted by atomic mass is 16.6. The van der Waals surface area contributed by atoms with Crippen molar-refractivity contribution in [3.05, 3.63) is 35.1 Å². The van der Waals surface area contributed by atoms with Crippen LogP contribution in [0.1, 0.15) is 44.2 Å². The first-order chi connectivity index (χ1) is 15.2. The summed E-state index contributed by atoms with van der Waals surface area (Å²) in [6.07, 6.45) is 2.75. The molecule has 0 saturated carbocycles. The van der Waals surface area contributed by atoms with Crippen LogP contribution < -0.4 is 10.1 Å². The van der Waals surface area contributed by atoms with E-state index in [1.807, 2.05) is 13.1 Å². The SMILES string of the molecule is CC(C)C(=O)NCCC(=O)OC1=CC[C@@]2(O)[C@H]3Cc4ccc(O)c5c4C2(CCN3C)C1O5. The van der Waals surface area contributed by atoms with Crippen molar-refractivity contribution in [2.45, 2.75) is 62.7 Å². The van der Waals surface area contributed by atoms with Gasteiger partial charge >= 0.3 is 5.97 Å². The van der Waals surface area contributed by atoms with Crippen molar-refractivity contribution in [2.24, 2.45) is 5.92 Å². The van der Waals surface area contributed by atoms with Gasteiger partial charge in [-0.1, -0.05) is 19.9 Å². The summed E-state index contributed by atoms with van der Waals surface area (Å²) in [4.78, 5) is 26.5. The molecule has 2 bridgehead atoms. The Bertz CT molecular complexity index is 1020. The normalized spacial score (nSPS) is 32.1. The third kappa shape index (κ3) is 2.75. The smallest absolute Gasteiger partial charge is 0.312 e. The molecule has 0 aromatic heterocycles. The second kappa shape index (κ2) is 7.22. The summed E-state index contributed by atoms with van der Waals surface area (Å²) in [7, 11) is 2.03. The Morgan fingerprint density at radius 1 is 1.38 bits per heavy atom. The zero-order valence-electron chi connectivity index (χ0n) is 18.7. The lowest BCUT2D eigenvalue weighted by Gasteiger charge is -2.61. The molecule has 0 radical (unpaired) electrons. The number of likely N-dealkylation sites (N-methyl/N-ethyl adjacent to an activating group) is 1. The Morgan fingerprint density at radius 2 is 2.16 bits per heavy atom. The number of likely N-dealkylation sites (tertiary alicyclic amines) is 1. The van der Waals surface area contributed by atoms with E-state index in [1.165, 1.54) is 0 Å². The fourth-order valence-corrected chi connectivity index (χ4v) is 6.11. The molecule has 1 amide bonds. The van der Waals surface area contributed by atoms with E-state index in [9.17, 15) is 19.8 Å². The van der Waals surface area contributed by atoms with Crippen LogP contribution in [0.3, 0.4) is 0 Å². The third-order valence-corrected chi connectivity index (χ3v) is 7.74. The highest BCUT2D eigenvalue weighted by molar-refractivity contribution is 5.79. The number of esters is 1. The number of hydrogen-bond acceptors (Lipinski definition) is 7. The van der Waals surface area contributed by atoms with E-state index in [0.717, 1.165) is 17.7 Å². The Hall–Kier alpha value is -2.58. The maximum atomic E-state index is 12.6. The van der Waals surface area contributed by atoms with Gasteiger partial charge in [-0.2, -0.15) is 0 Å². The highest BCUT2D eigenvalue weighted by Crippen LogP contribution is 2.65. The van der Waals surface area contributed by atoms with Crippen LogP contribution >= 0.6 is 0 Å².